The second-order valence-electron chi connectivity index (χ2n) is 10.4. The van der Waals surface area contributed by atoms with Gasteiger partial charge in [-0.3, -0.25) is 4.98 Å². The van der Waals surface area contributed by atoms with Crippen molar-refractivity contribution in [3.63, 3.8) is 0 Å². The van der Waals surface area contributed by atoms with E-state index in [9.17, 15) is 14.0 Å². The summed E-state index contributed by atoms with van der Waals surface area (Å²) in [4.78, 5) is 38.3. The number of rotatable bonds is 5. The molecule has 0 bridgehead atoms. The monoisotopic (exact) mass is 528 g/mol. The molecule has 0 radical (unpaired) electrons. The Morgan fingerprint density at radius 2 is 1.53 bits per heavy atom. The minimum atomic E-state index is -1.14. The Balaban J connectivity index is 1.98. The molecule has 0 atom stereocenters. The molecule has 0 aliphatic carbocycles. The number of carbonyl (C=O) groups is 2. The first-order valence-corrected chi connectivity index (χ1v) is 11.8. The fraction of sp³-hybridized carbons (Fsp3) is 0.370. The average Bonchev–Trinajstić information content (AvgIpc) is 2.78. The number of ether oxygens (including phenoxy) is 3. The van der Waals surface area contributed by atoms with Crippen molar-refractivity contribution in [1.82, 2.24) is 15.0 Å². The van der Waals surface area contributed by atoms with Gasteiger partial charge in [0.05, 0.1) is 6.20 Å². The van der Waals surface area contributed by atoms with Crippen LogP contribution in [0, 0.1) is 18.6 Å². The Bertz CT molecular complexity index is 1310. The van der Waals surface area contributed by atoms with Crippen molar-refractivity contribution in [2.75, 3.05) is 4.90 Å². The number of hydrogen-bond donors (Lipinski definition) is 0. The number of aromatic nitrogens is 3. The van der Waals surface area contributed by atoms with Gasteiger partial charge in [0.1, 0.15) is 11.2 Å². The lowest BCUT2D eigenvalue weighted by Gasteiger charge is -2.28. The Morgan fingerprint density at radius 3 is 2.11 bits per heavy atom. The van der Waals surface area contributed by atoms with Crippen LogP contribution in [0.5, 0.6) is 11.6 Å². The van der Waals surface area contributed by atoms with Crippen LogP contribution in [0.15, 0.2) is 43.0 Å². The number of halogens is 2. The maximum atomic E-state index is 15.8. The first-order valence-electron chi connectivity index (χ1n) is 11.8. The third-order valence-electron chi connectivity index (χ3n) is 4.90. The van der Waals surface area contributed by atoms with Gasteiger partial charge in [-0.15, -0.1) is 0 Å². The molecule has 0 aliphatic rings. The molecule has 0 N–H and O–H groups in total. The van der Waals surface area contributed by atoms with Crippen LogP contribution in [0.3, 0.4) is 0 Å². The van der Waals surface area contributed by atoms with Crippen LogP contribution in [0.25, 0.3) is 0 Å². The summed E-state index contributed by atoms with van der Waals surface area (Å²) in [6.45, 7) is 11.4. The Hall–Kier alpha value is -4.15. The van der Waals surface area contributed by atoms with E-state index in [2.05, 4.69) is 15.0 Å². The van der Waals surface area contributed by atoms with Gasteiger partial charge in [-0.1, -0.05) is 0 Å². The molecular formula is C27H30F2N4O5. The maximum Gasteiger partial charge on any atom is 0.425 e. The third kappa shape index (κ3) is 7.21. The van der Waals surface area contributed by atoms with Gasteiger partial charge in [-0.05, 0) is 83.4 Å². The number of hydrogen-bond acceptors (Lipinski definition) is 8. The van der Waals surface area contributed by atoms with Crippen LogP contribution in [0.4, 0.5) is 24.2 Å². The molecule has 0 aromatic carbocycles. The predicted octanol–water partition coefficient (Wildman–Crippen LogP) is 6.52. The summed E-state index contributed by atoms with van der Waals surface area (Å²) in [7, 11) is 0. The first-order chi connectivity index (χ1) is 17.7. The SMILES string of the molecule is Cc1c(Cc2ccnc(N(C(=O)OC(C)(C)C)C(=O)OC(C)(C)C)c2F)cncc1Oc1ncccc1F. The van der Waals surface area contributed by atoms with Crippen molar-refractivity contribution in [3.8, 4) is 11.6 Å². The van der Waals surface area contributed by atoms with E-state index in [4.69, 9.17) is 14.2 Å². The summed E-state index contributed by atoms with van der Waals surface area (Å²) in [6.07, 6.45) is 3.28. The van der Waals surface area contributed by atoms with Crippen LogP contribution in [0.2, 0.25) is 0 Å². The highest BCUT2D eigenvalue weighted by molar-refractivity contribution is 6.08. The lowest BCUT2D eigenvalue weighted by Crippen LogP contribution is -2.44. The van der Waals surface area contributed by atoms with Crippen molar-refractivity contribution in [2.24, 2.45) is 0 Å². The van der Waals surface area contributed by atoms with Gasteiger partial charge in [0.2, 0.25) is 0 Å². The fourth-order valence-corrected chi connectivity index (χ4v) is 3.21. The number of imide groups is 1. The van der Waals surface area contributed by atoms with Crippen LogP contribution >= 0.6 is 0 Å². The molecule has 0 fully saturated rings. The molecule has 0 saturated carbocycles. The van der Waals surface area contributed by atoms with Crippen molar-refractivity contribution in [1.29, 1.82) is 0 Å². The summed E-state index contributed by atoms with van der Waals surface area (Å²) >= 11 is 0. The summed E-state index contributed by atoms with van der Waals surface area (Å²) in [5.74, 6) is -2.13. The Kier molecular flexibility index (Phi) is 8.28. The molecule has 38 heavy (non-hydrogen) atoms. The maximum absolute atomic E-state index is 15.8. The topological polar surface area (TPSA) is 104 Å². The molecule has 0 spiro atoms. The summed E-state index contributed by atoms with van der Waals surface area (Å²) in [6, 6.07) is 4.06. The Labute approximate surface area is 219 Å². The number of anilines is 1. The standard InChI is InChI=1S/C27H30F2N4O5/c1-16-18(14-30-15-20(16)36-23-19(28)9-8-11-32-23)13-17-10-12-31-22(21(17)29)33(24(34)37-26(2,3)4)25(35)38-27(5,6)7/h8-12,14-15H,13H2,1-7H3. The quantitative estimate of drug-likeness (QED) is 0.369. The second-order valence-corrected chi connectivity index (χ2v) is 10.4. The molecule has 9 nitrogen and oxygen atoms in total. The number of carbonyl (C=O) groups excluding carboxylic acids is 2. The van der Waals surface area contributed by atoms with E-state index in [1.165, 1.54) is 43.0 Å². The first kappa shape index (κ1) is 28.4. The van der Waals surface area contributed by atoms with Crippen LogP contribution < -0.4 is 9.64 Å². The van der Waals surface area contributed by atoms with Crippen LogP contribution in [-0.4, -0.2) is 38.3 Å². The van der Waals surface area contributed by atoms with Crippen molar-refractivity contribution in [3.05, 3.63) is 71.3 Å². The molecule has 3 heterocycles. The van der Waals surface area contributed by atoms with E-state index in [0.29, 0.717) is 16.0 Å². The molecule has 2 amide bonds. The highest BCUT2D eigenvalue weighted by atomic mass is 19.1. The largest absolute Gasteiger partial charge is 0.443 e. The molecule has 3 aromatic heterocycles. The van der Waals surface area contributed by atoms with Gasteiger partial charge in [-0.2, -0.15) is 4.90 Å². The molecule has 3 aromatic rings. The lowest BCUT2D eigenvalue weighted by molar-refractivity contribution is 0.0427. The summed E-state index contributed by atoms with van der Waals surface area (Å²) < 4.78 is 46.0. The van der Waals surface area contributed by atoms with E-state index < -0.39 is 40.8 Å². The van der Waals surface area contributed by atoms with E-state index in [-0.39, 0.29) is 23.6 Å². The van der Waals surface area contributed by atoms with Gasteiger partial charge in [-0.25, -0.2) is 28.3 Å². The highest BCUT2D eigenvalue weighted by Gasteiger charge is 2.36. The highest BCUT2D eigenvalue weighted by Crippen LogP contribution is 2.30. The van der Waals surface area contributed by atoms with Crippen LogP contribution in [0.1, 0.15) is 58.2 Å². The van der Waals surface area contributed by atoms with Crippen molar-refractivity contribution < 1.29 is 32.6 Å². The van der Waals surface area contributed by atoms with Gasteiger partial charge >= 0.3 is 12.2 Å². The number of nitrogens with zero attached hydrogens (tertiary/aromatic N) is 4. The van der Waals surface area contributed by atoms with Crippen molar-refractivity contribution in [2.45, 2.75) is 66.1 Å². The molecule has 3 rings (SSSR count). The molecule has 0 saturated heterocycles. The van der Waals surface area contributed by atoms with Gasteiger partial charge in [0.15, 0.2) is 23.2 Å². The zero-order valence-electron chi connectivity index (χ0n) is 22.3. The van der Waals surface area contributed by atoms with E-state index in [1.54, 1.807) is 48.5 Å². The molecule has 11 heteroatoms. The lowest BCUT2D eigenvalue weighted by atomic mass is 10.0. The zero-order valence-corrected chi connectivity index (χ0v) is 22.3. The van der Waals surface area contributed by atoms with E-state index >= 15 is 4.39 Å². The normalized spacial score (nSPS) is 11.6. The molecule has 202 valence electrons. The van der Waals surface area contributed by atoms with Gasteiger partial charge in [0, 0.05) is 25.0 Å². The molecule has 0 aliphatic heterocycles. The van der Waals surface area contributed by atoms with E-state index in [0.717, 1.165) is 0 Å². The minimum Gasteiger partial charge on any atom is -0.443 e. The van der Waals surface area contributed by atoms with Crippen LogP contribution in [-0.2, 0) is 15.9 Å². The second kappa shape index (κ2) is 11.1. The average molecular weight is 529 g/mol. The van der Waals surface area contributed by atoms with Gasteiger partial charge in [0.25, 0.3) is 5.88 Å². The van der Waals surface area contributed by atoms with E-state index in [1.807, 2.05) is 0 Å². The van der Waals surface area contributed by atoms with Crippen molar-refractivity contribution >= 4 is 18.0 Å². The zero-order chi connectivity index (χ0) is 28.3. The summed E-state index contributed by atoms with van der Waals surface area (Å²) in [5, 5.41) is 0. The smallest absolute Gasteiger partial charge is 0.425 e. The number of amides is 2. The van der Waals surface area contributed by atoms with Gasteiger partial charge < -0.3 is 14.2 Å². The molecular weight excluding hydrogens is 498 g/mol. The summed E-state index contributed by atoms with van der Waals surface area (Å²) in [5.41, 5.74) is -0.711. The Morgan fingerprint density at radius 1 is 0.895 bits per heavy atom. The number of pyridine rings is 3. The predicted molar refractivity (Wildman–Crippen MR) is 135 cm³/mol. The third-order valence-corrected chi connectivity index (χ3v) is 4.90. The molecule has 0 unspecified atom stereocenters. The minimum absolute atomic E-state index is 0.00142. The fourth-order valence-electron chi connectivity index (χ4n) is 3.21.